The Morgan fingerprint density at radius 2 is 1.47 bits per heavy atom. The van der Waals surface area contributed by atoms with Gasteiger partial charge in [-0.3, -0.25) is 14.4 Å². The van der Waals surface area contributed by atoms with Crippen LogP contribution in [0.1, 0.15) is 83.8 Å². The summed E-state index contributed by atoms with van der Waals surface area (Å²) in [6.45, 7) is 11.1. The second-order valence-electron chi connectivity index (χ2n) is 13.4. The number of carboxylic acid groups (broad SMARTS) is 1. The first-order valence-corrected chi connectivity index (χ1v) is 15.3. The number of carbonyl (C=O) groups excluding carboxylic acids is 2. The number of hydrogen-bond donors (Lipinski definition) is 1. The van der Waals surface area contributed by atoms with Crippen LogP contribution < -0.4 is 9.47 Å². The molecule has 228 valence electrons. The van der Waals surface area contributed by atoms with Crippen LogP contribution in [0, 0.1) is 10.8 Å². The second-order valence-corrected chi connectivity index (χ2v) is 13.8. The molecule has 0 spiro atoms. The van der Waals surface area contributed by atoms with Crippen LogP contribution in [-0.4, -0.2) is 40.7 Å². The van der Waals surface area contributed by atoms with Crippen LogP contribution in [0.25, 0.3) is 0 Å². The monoisotopic (exact) mass is 605 g/mol. The molecule has 0 aromatic heterocycles. The van der Waals surface area contributed by atoms with Gasteiger partial charge in [0.1, 0.15) is 6.61 Å². The molecule has 2 aromatic rings. The Kier molecular flexibility index (Phi) is 8.50. The lowest BCUT2D eigenvalue weighted by Crippen LogP contribution is -2.45. The van der Waals surface area contributed by atoms with Crippen molar-refractivity contribution >= 4 is 29.1 Å². The van der Waals surface area contributed by atoms with Crippen LogP contribution in [0.5, 0.6) is 11.5 Å². The molecule has 2 aromatic carbocycles. The van der Waals surface area contributed by atoms with E-state index in [1.165, 1.54) is 0 Å². The quantitative estimate of drug-likeness (QED) is 0.317. The van der Waals surface area contributed by atoms with Crippen molar-refractivity contribution < 1.29 is 29.0 Å². The molecule has 3 aliphatic rings. The fourth-order valence-electron chi connectivity index (χ4n) is 6.69. The smallest absolute Gasteiger partial charge is 0.305 e. The van der Waals surface area contributed by atoms with Gasteiger partial charge >= 0.3 is 5.97 Å². The van der Waals surface area contributed by atoms with Gasteiger partial charge in [-0.15, -0.1) is 0 Å². The maximum absolute atomic E-state index is 14.0. The maximum Gasteiger partial charge on any atom is 0.305 e. The number of rotatable bonds is 9. The number of hydrogen-bond acceptors (Lipinski definition) is 6. The van der Waals surface area contributed by atoms with Crippen molar-refractivity contribution in [1.29, 1.82) is 0 Å². The molecule has 0 saturated heterocycles. The number of ketones is 2. The average molecular weight is 606 g/mol. The van der Waals surface area contributed by atoms with Crippen molar-refractivity contribution in [2.75, 3.05) is 13.2 Å². The molecular weight excluding hydrogens is 566 g/mol. The molecule has 5 rings (SSSR count). The van der Waals surface area contributed by atoms with Crippen LogP contribution >= 0.6 is 11.6 Å². The third kappa shape index (κ3) is 6.52. The molecule has 0 fully saturated rings. The number of halogens is 1. The van der Waals surface area contributed by atoms with E-state index in [1.807, 2.05) is 54.3 Å². The van der Waals surface area contributed by atoms with E-state index < -0.39 is 11.9 Å². The summed E-state index contributed by atoms with van der Waals surface area (Å²) < 4.78 is 12.2. The molecule has 0 radical (unpaired) electrons. The minimum atomic E-state index is -0.912. The Labute approximate surface area is 258 Å². The number of carbonyl (C=O) groups is 3. The SMILES string of the molecule is CCOc1cc(C2C3=C(CC(C)(C)CC3=O)N(CCC(=O)O)C3=C2C(=O)CC(C)(C)C3)ccc1OCc1ccc(Cl)cc1. The highest BCUT2D eigenvalue weighted by molar-refractivity contribution is 6.30. The first-order chi connectivity index (χ1) is 20.3. The van der Waals surface area contributed by atoms with E-state index in [0.717, 1.165) is 22.5 Å². The number of carboxylic acids is 1. The summed E-state index contributed by atoms with van der Waals surface area (Å²) in [6.07, 6.45) is 1.87. The number of ether oxygens (including phenoxy) is 2. The van der Waals surface area contributed by atoms with E-state index >= 15 is 0 Å². The average Bonchev–Trinajstić information content (AvgIpc) is 2.90. The number of Topliss-reactive ketones (excluding diaryl/α,β-unsaturated/α-hetero) is 2. The number of benzene rings is 2. The lowest BCUT2D eigenvalue weighted by Gasteiger charge is -2.49. The molecule has 0 bridgehead atoms. The summed E-state index contributed by atoms with van der Waals surface area (Å²) in [5, 5.41) is 10.2. The zero-order valence-electron chi connectivity index (χ0n) is 25.6. The molecule has 8 heteroatoms. The van der Waals surface area contributed by atoms with E-state index in [9.17, 15) is 19.5 Å². The number of nitrogens with zero attached hydrogens (tertiary/aromatic N) is 1. The van der Waals surface area contributed by atoms with Crippen molar-refractivity contribution in [3.63, 3.8) is 0 Å². The van der Waals surface area contributed by atoms with E-state index in [4.69, 9.17) is 21.1 Å². The molecule has 2 aliphatic carbocycles. The second kappa shape index (κ2) is 11.8. The van der Waals surface area contributed by atoms with Gasteiger partial charge in [0.2, 0.25) is 0 Å². The van der Waals surface area contributed by atoms with Crippen LogP contribution in [0.2, 0.25) is 5.02 Å². The van der Waals surface area contributed by atoms with Crippen LogP contribution in [-0.2, 0) is 21.0 Å². The van der Waals surface area contributed by atoms with Crippen molar-refractivity contribution in [1.82, 2.24) is 4.90 Å². The maximum atomic E-state index is 14.0. The van der Waals surface area contributed by atoms with E-state index in [2.05, 4.69) is 27.7 Å². The topological polar surface area (TPSA) is 93.1 Å². The molecule has 0 atom stereocenters. The first kappa shape index (κ1) is 30.9. The molecule has 0 amide bonds. The largest absolute Gasteiger partial charge is 0.490 e. The zero-order chi connectivity index (χ0) is 31.1. The van der Waals surface area contributed by atoms with Gasteiger partial charge in [0.05, 0.1) is 13.0 Å². The van der Waals surface area contributed by atoms with Crippen LogP contribution in [0.3, 0.4) is 0 Å². The third-order valence-corrected chi connectivity index (χ3v) is 8.73. The van der Waals surface area contributed by atoms with Gasteiger partial charge in [-0.05, 0) is 66.0 Å². The first-order valence-electron chi connectivity index (χ1n) is 14.9. The summed E-state index contributed by atoms with van der Waals surface area (Å²) in [6, 6.07) is 13.1. The van der Waals surface area contributed by atoms with Crippen molar-refractivity contribution in [3.8, 4) is 11.5 Å². The molecule has 0 saturated carbocycles. The molecule has 7 nitrogen and oxygen atoms in total. The van der Waals surface area contributed by atoms with Gasteiger partial charge < -0.3 is 19.5 Å². The fraction of sp³-hybridized carbons (Fsp3) is 0.457. The minimum absolute atomic E-state index is 0.00165. The Morgan fingerprint density at radius 3 is 2.00 bits per heavy atom. The summed E-state index contributed by atoms with van der Waals surface area (Å²) in [5.41, 5.74) is 4.08. The lowest BCUT2D eigenvalue weighted by molar-refractivity contribution is -0.137. The van der Waals surface area contributed by atoms with Gasteiger partial charge in [-0.2, -0.15) is 0 Å². The van der Waals surface area contributed by atoms with Gasteiger partial charge in [0, 0.05) is 52.9 Å². The number of allylic oxidation sites excluding steroid dienone is 4. The Bertz CT molecular complexity index is 1460. The number of aliphatic carboxylic acids is 1. The van der Waals surface area contributed by atoms with Crippen LogP contribution in [0.15, 0.2) is 65.0 Å². The molecule has 1 aliphatic heterocycles. The van der Waals surface area contributed by atoms with E-state index in [0.29, 0.717) is 66.6 Å². The summed E-state index contributed by atoms with van der Waals surface area (Å²) in [4.78, 5) is 41.7. The van der Waals surface area contributed by atoms with E-state index in [1.54, 1.807) is 0 Å². The van der Waals surface area contributed by atoms with Crippen molar-refractivity contribution in [2.45, 2.75) is 79.2 Å². The molecule has 0 unspecified atom stereocenters. The highest BCUT2D eigenvalue weighted by atomic mass is 35.5. The molecule has 1 N–H and O–H groups in total. The normalized spacial score (nSPS) is 19.7. The standard InChI is InChI=1S/C35H40ClNO6/c1-6-42-29-15-22(9-12-28(29)43-20-21-7-10-23(36)11-8-21)31-32-24(16-34(2,3)18-26(32)38)37(14-13-30(40)41)25-17-35(4,5)19-27(39)33(25)31/h7-12,15,31H,6,13-14,16-20H2,1-5H3,(H,40,41). The minimum Gasteiger partial charge on any atom is -0.490 e. The van der Waals surface area contributed by atoms with Crippen molar-refractivity contribution in [2.24, 2.45) is 10.8 Å². The third-order valence-electron chi connectivity index (χ3n) is 8.48. The molecule has 1 heterocycles. The molecular formula is C35H40ClNO6. The van der Waals surface area contributed by atoms with E-state index in [-0.39, 0.29) is 35.4 Å². The highest BCUT2D eigenvalue weighted by Gasteiger charge is 2.49. The van der Waals surface area contributed by atoms with Gasteiger partial charge in [-0.25, -0.2) is 0 Å². The Hall–Kier alpha value is -3.58. The fourth-order valence-corrected chi connectivity index (χ4v) is 6.82. The Morgan fingerprint density at radius 1 is 0.884 bits per heavy atom. The summed E-state index contributed by atoms with van der Waals surface area (Å²) in [5.74, 6) is -0.357. The van der Waals surface area contributed by atoms with Gasteiger partial charge in [0.25, 0.3) is 0 Å². The van der Waals surface area contributed by atoms with Gasteiger partial charge in [-0.1, -0.05) is 57.5 Å². The van der Waals surface area contributed by atoms with Crippen molar-refractivity contribution in [3.05, 3.63) is 81.2 Å². The lowest BCUT2D eigenvalue weighted by atomic mass is 9.63. The zero-order valence-corrected chi connectivity index (χ0v) is 26.3. The summed E-state index contributed by atoms with van der Waals surface area (Å²) >= 11 is 6.03. The predicted octanol–water partition coefficient (Wildman–Crippen LogP) is 7.48. The summed E-state index contributed by atoms with van der Waals surface area (Å²) in [7, 11) is 0. The predicted molar refractivity (Wildman–Crippen MR) is 165 cm³/mol. The highest BCUT2D eigenvalue weighted by Crippen LogP contribution is 2.55. The van der Waals surface area contributed by atoms with Gasteiger partial charge in [0.15, 0.2) is 23.1 Å². The molecule has 43 heavy (non-hydrogen) atoms. The van der Waals surface area contributed by atoms with Crippen LogP contribution in [0.4, 0.5) is 0 Å². The Balaban J connectivity index is 1.63.